The molecule has 1 saturated heterocycles. The largest absolute Gasteiger partial charge is 0.507 e. The number of nitrogens with zero attached hydrogens (tertiary/aromatic N) is 1. The third-order valence-corrected chi connectivity index (χ3v) is 5.95. The van der Waals surface area contributed by atoms with Crippen LogP contribution in [-0.2, 0) is 14.3 Å². The normalized spacial score (nSPS) is 18.0. The number of amides is 1. The first kappa shape index (κ1) is 23.1. The highest BCUT2D eigenvalue weighted by Gasteiger charge is 2.45. The number of hydrogen-bond acceptors (Lipinski definition) is 5. The summed E-state index contributed by atoms with van der Waals surface area (Å²) >= 11 is 12.3. The molecule has 6 nitrogen and oxygen atoms in total. The lowest BCUT2D eigenvalue weighted by Gasteiger charge is -2.25. The van der Waals surface area contributed by atoms with Crippen molar-refractivity contribution < 1.29 is 24.2 Å². The van der Waals surface area contributed by atoms with E-state index in [1.807, 2.05) is 6.92 Å². The van der Waals surface area contributed by atoms with E-state index in [1.165, 1.54) is 4.90 Å². The fourth-order valence-electron chi connectivity index (χ4n) is 3.70. The molecule has 0 radical (unpaired) electrons. The Morgan fingerprint density at radius 3 is 2.45 bits per heavy atom. The molecular weight excluding hydrogens is 441 g/mol. The number of aryl methyl sites for hydroxylation is 1. The molecule has 0 bridgehead atoms. The summed E-state index contributed by atoms with van der Waals surface area (Å²) in [5.74, 6) is -1.04. The number of methoxy groups -OCH3 is 2. The zero-order chi connectivity index (χ0) is 22.7. The van der Waals surface area contributed by atoms with Crippen molar-refractivity contribution in [2.45, 2.75) is 19.4 Å². The molecule has 0 saturated carbocycles. The van der Waals surface area contributed by atoms with E-state index in [2.05, 4.69) is 0 Å². The molecule has 8 heteroatoms. The summed E-state index contributed by atoms with van der Waals surface area (Å²) in [6.07, 6.45) is 0.531. The Kier molecular flexibility index (Phi) is 7.26. The van der Waals surface area contributed by atoms with Crippen LogP contribution < -0.4 is 4.74 Å². The number of carbonyl (C=O) groups is 2. The molecule has 0 aromatic heterocycles. The van der Waals surface area contributed by atoms with Crippen molar-refractivity contribution >= 4 is 40.7 Å². The van der Waals surface area contributed by atoms with Gasteiger partial charge in [0.1, 0.15) is 11.5 Å². The van der Waals surface area contributed by atoms with Gasteiger partial charge in [-0.05, 0) is 54.8 Å². The number of hydrogen-bond donors (Lipinski definition) is 1. The van der Waals surface area contributed by atoms with Gasteiger partial charge in [0.05, 0.1) is 28.8 Å². The van der Waals surface area contributed by atoms with Crippen LogP contribution in [0.1, 0.15) is 29.2 Å². The van der Waals surface area contributed by atoms with Crippen molar-refractivity contribution in [1.29, 1.82) is 0 Å². The second-order valence-electron chi connectivity index (χ2n) is 7.20. The van der Waals surface area contributed by atoms with E-state index in [4.69, 9.17) is 32.7 Å². The lowest BCUT2D eigenvalue weighted by atomic mass is 9.94. The smallest absolute Gasteiger partial charge is 0.295 e. The molecule has 3 rings (SSSR count). The molecule has 164 valence electrons. The van der Waals surface area contributed by atoms with Gasteiger partial charge in [0.2, 0.25) is 0 Å². The molecule has 2 aromatic carbocycles. The van der Waals surface area contributed by atoms with Crippen LogP contribution in [0.2, 0.25) is 10.0 Å². The monoisotopic (exact) mass is 463 g/mol. The average molecular weight is 464 g/mol. The van der Waals surface area contributed by atoms with Gasteiger partial charge in [0, 0.05) is 25.8 Å². The number of aliphatic hydroxyl groups is 1. The number of aliphatic hydroxyl groups excluding tert-OH is 1. The van der Waals surface area contributed by atoms with Crippen molar-refractivity contribution in [2.75, 3.05) is 27.4 Å². The highest BCUT2D eigenvalue weighted by atomic mass is 35.5. The maximum absolute atomic E-state index is 13.0. The number of Topliss-reactive ketones (excluding diaryl/α,β-unsaturated/α-hetero) is 1. The summed E-state index contributed by atoms with van der Waals surface area (Å²) < 4.78 is 10.3. The van der Waals surface area contributed by atoms with Gasteiger partial charge in [0.15, 0.2) is 0 Å². The van der Waals surface area contributed by atoms with Crippen molar-refractivity contribution in [2.24, 2.45) is 0 Å². The van der Waals surface area contributed by atoms with Crippen molar-refractivity contribution in [3.05, 3.63) is 68.7 Å². The number of halogens is 2. The standard InChI is InChI=1S/C23H23Cl2NO5/c1-13-11-15(6-8-18(13)31-3)21(27)19-20(14-5-7-16(24)17(25)12-14)26(9-4-10-30-2)23(29)22(19)28/h5-8,11-12,20,27H,4,9-10H2,1-3H3/t20-/m0/s1. The SMILES string of the molecule is COCCCN1C(=O)C(=O)C(=C(O)c2ccc(OC)c(C)c2)[C@@H]1c1ccc(Cl)c(Cl)c1. The van der Waals surface area contributed by atoms with E-state index in [-0.39, 0.29) is 17.9 Å². The minimum Gasteiger partial charge on any atom is -0.507 e. The van der Waals surface area contributed by atoms with Crippen LogP contribution in [0.15, 0.2) is 42.0 Å². The van der Waals surface area contributed by atoms with Gasteiger partial charge >= 0.3 is 0 Å². The summed E-state index contributed by atoms with van der Waals surface area (Å²) in [5, 5.41) is 11.7. The van der Waals surface area contributed by atoms with Gasteiger partial charge in [-0.2, -0.15) is 0 Å². The van der Waals surface area contributed by atoms with Gasteiger partial charge in [0.25, 0.3) is 11.7 Å². The Hall–Kier alpha value is -2.54. The third-order valence-electron chi connectivity index (χ3n) is 5.22. The Bertz CT molecular complexity index is 1050. The van der Waals surface area contributed by atoms with E-state index >= 15 is 0 Å². The van der Waals surface area contributed by atoms with Crippen LogP contribution in [0.25, 0.3) is 5.76 Å². The highest BCUT2D eigenvalue weighted by molar-refractivity contribution is 6.46. The number of ether oxygens (including phenoxy) is 2. The van der Waals surface area contributed by atoms with Crippen molar-refractivity contribution in [1.82, 2.24) is 4.90 Å². The highest BCUT2D eigenvalue weighted by Crippen LogP contribution is 2.41. The average Bonchev–Trinajstić information content (AvgIpc) is 3.00. The van der Waals surface area contributed by atoms with Crippen LogP contribution in [0.3, 0.4) is 0 Å². The van der Waals surface area contributed by atoms with Gasteiger partial charge in [-0.1, -0.05) is 29.3 Å². The Morgan fingerprint density at radius 1 is 1.10 bits per heavy atom. The predicted molar refractivity (Wildman–Crippen MR) is 120 cm³/mol. The number of rotatable bonds is 7. The Morgan fingerprint density at radius 2 is 1.84 bits per heavy atom. The van der Waals surface area contributed by atoms with Gasteiger partial charge in [-0.3, -0.25) is 9.59 Å². The fourth-order valence-corrected chi connectivity index (χ4v) is 4.01. The quantitative estimate of drug-likeness (QED) is 0.277. The van der Waals surface area contributed by atoms with Crippen molar-refractivity contribution in [3.8, 4) is 5.75 Å². The van der Waals surface area contributed by atoms with E-state index in [0.29, 0.717) is 39.9 Å². The molecule has 1 N–H and O–H groups in total. The third kappa shape index (κ3) is 4.56. The Labute approximate surface area is 191 Å². The number of ketones is 1. The first-order chi connectivity index (χ1) is 14.8. The maximum atomic E-state index is 13.0. The molecule has 1 aliphatic heterocycles. The predicted octanol–water partition coefficient (Wildman–Crippen LogP) is 4.77. The van der Waals surface area contributed by atoms with Gasteiger partial charge in [-0.15, -0.1) is 0 Å². The molecule has 1 fully saturated rings. The lowest BCUT2D eigenvalue weighted by molar-refractivity contribution is -0.140. The fraction of sp³-hybridized carbons (Fsp3) is 0.304. The Balaban J connectivity index is 2.15. The van der Waals surface area contributed by atoms with Crippen LogP contribution in [0, 0.1) is 6.92 Å². The lowest BCUT2D eigenvalue weighted by Crippen LogP contribution is -2.31. The van der Waals surface area contributed by atoms with Gasteiger partial charge in [-0.25, -0.2) is 0 Å². The summed E-state index contributed by atoms with van der Waals surface area (Å²) in [6, 6.07) is 9.16. The molecule has 2 aromatic rings. The molecule has 31 heavy (non-hydrogen) atoms. The summed E-state index contributed by atoms with van der Waals surface area (Å²) in [6.45, 7) is 2.53. The molecule has 0 aliphatic carbocycles. The number of benzene rings is 2. The topological polar surface area (TPSA) is 76.1 Å². The minimum absolute atomic E-state index is 0.00497. The molecule has 1 amide bonds. The van der Waals surface area contributed by atoms with Crippen LogP contribution >= 0.6 is 23.2 Å². The summed E-state index contributed by atoms with van der Waals surface area (Å²) in [5.41, 5.74) is 1.79. The van der Waals surface area contributed by atoms with E-state index in [1.54, 1.807) is 50.6 Å². The summed E-state index contributed by atoms with van der Waals surface area (Å²) in [4.78, 5) is 27.3. The second-order valence-corrected chi connectivity index (χ2v) is 8.01. The van der Waals surface area contributed by atoms with E-state index in [0.717, 1.165) is 5.56 Å². The maximum Gasteiger partial charge on any atom is 0.295 e. The number of likely N-dealkylation sites (tertiary alicyclic amines) is 1. The first-order valence-electron chi connectivity index (χ1n) is 9.67. The van der Waals surface area contributed by atoms with E-state index in [9.17, 15) is 14.7 Å². The summed E-state index contributed by atoms with van der Waals surface area (Å²) in [7, 11) is 3.12. The van der Waals surface area contributed by atoms with Crippen LogP contribution in [0.4, 0.5) is 0 Å². The molecule has 1 aliphatic rings. The zero-order valence-corrected chi connectivity index (χ0v) is 19.0. The van der Waals surface area contributed by atoms with Crippen LogP contribution in [-0.4, -0.2) is 49.1 Å². The van der Waals surface area contributed by atoms with Crippen molar-refractivity contribution in [3.63, 3.8) is 0 Å². The molecular formula is C23H23Cl2NO5. The van der Waals surface area contributed by atoms with Gasteiger partial charge < -0.3 is 19.5 Å². The second kappa shape index (κ2) is 9.73. The van der Waals surface area contributed by atoms with Crippen LogP contribution in [0.5, 0.6) is 5.75 Å². The minimum atomic E-state index is -0.797. The van der Waals surface area contributed by atoms with E-state index < -0.39 is 17.7 Å². The number of carbonyl (C=O) groups excluding carboxylic acids is 2. The molecule has 0 unspecified atom stereocenters. The zero-order valence-electron chi connectivity index (χ0n) is 17.4. The molecule has 1 atom stereocenters. The molecule has 0 spiro atoms. The first-order valence-corrected chi connectivity index (χ1v) is 10.4. The molecule has 1 heterocycles.